The lowest BCUT2D eigenvalue weighted by atomic mass is 9.93. The second-order valence-corrected chi connectivity index (χ2v) is 11.5. The molecule has 11 heteroatoms. The number of benzene rings is 2. The molecule has 0 aliphatic carbocycles. The summed E-state index contributed by atoms with van der Waals surface area (Å²) in [5.41, 5.74) is 1.54. The molecule has 0 aromatic heterocycles. The molecule has 212 valence electrons. The molecule has 0 spiro atoms. The minimum Gasteiger partial charge on any atom is -0.444 e. The smallest absolute Gasteiger partial charge is 0.410 e. The van der Waals surface area contributed by atoms with Gasteiger partial charge in [-0.1, -0.05) is 17.7 Å². The number of rotatable bonds is 5. The van der Waals surface area contributed by atoms with Gasteiger partial charge >= 0.3 is 6.09 Å². The Balaban J connectivity index is 1.40. The van der Waals surface area contributed by atoms with Crippen molar-refractivity contribution >= 4 is 40.9 Å². The quantitative estimate of drug-likeness (QED) is 0.517. The van der Waals surface area contributed by atoms with E-state index >= 15 is 0 Å². The molecule has 2 aromatic rings. The number of hydrogen-bond acceptors (Lipinski definition) is 6. The monoisotopic (exact) mass is 569 g/mol. The second kappa shape index (κ2) is 11.7. The highest BCUT2D eigenvalue weighted by atomic mass is 35.5. The standard InChI is InChI=1S/C29H33ClFN5O4/c1-17-22-6-5-21(30)11-18(22)8-10-36(17)26(37)15-33-25-13-24(20(14-32)12-23(25)31)34-27(38)19-7-9-35(16-19)28(39)40-29(2,3)4/h5-6,11-13,17,19,33H,7-10,15-16H2,1-4H3,(H,34,38)/t17-,19-/m0/s1. The van der Waals surface area contributed by atoms with Gasteiger partial charge in [0.15, 0.2) is 0 Å². The predicted octanol–water partition coefficient (Wildman–Crippen LogP) is 5.10. The Hall–Kier alpha value is -3.84. The summed E-state index contributed by atoms with van der Waals surface area (Å²) in [7, 11) is 0. The van der Waals surface area contributed by atoms with E-state index in [0.717, 1.165) is 17.2 Å². The van der Waals surface area contributed by atoms with E-state index in [1.54, 1.807) is 31.7 Å². The van der Waals surface area contributed by atoms with E-state index in [1.165, 1.54) is 11.0 Å². The Morgan fingerprint density at radius 2 is 1.93 bits per heavy atom. The van der Waals surface area contributed by atoms with E-state index in [9.17, 15) is 24.0 Å². The van der Waals surface area contributed by atoms with Gasteiger partial charge in [-0.3, -0.25) is 9.59 Å². The van der Waals surface area contributed by atoms with Crippen molar-refractivity contribution in [2.45, 2.75) is 52.2 Å². The lowest BCUT2D eigenvalue weighted by molar-refractivity contribution is -0.131. The van der Waals surface area contributed by atoms with Crippen molar-refractivity contribution < 1.29 is 23.5 Å². The van der Waals surface area contributed by atoms with Crippen molar-refractivity contribution in [3.8, 4) is 6.07 Å². The van der Waals surface area contributed by atoms with Gasteiger partial charge < -0.3 is 25.2 Å². The van der Waals surface area contributed by atoms with Gasteiger partial charge in [-0.2, -0.15) is 5.26 Å². The number of nitrogens with one attached hydrogen (secondary N) is 2. The third kappa shape index (κ3) is 6.65. The van der Waals surface area contributed by atoms with Crippen molar-refractivity contribution in [3.05, 3.63) is 57.9 Å². The molecular formula is C29H33ClFN5O4. The molecule has 2 aromatic carbocycles. The van der Waals surface area contributed by atoms with Gasteiger partial charge in [0, 0.05) is 24.7 Å². The van der Waals surface area contributed by atoms with Crippen LogP contribution in [0.2, 0.25) is 5.02 Å². The number of halogens is 2. The van der Waals surface area contributed by atoms with Crippen molar-refractivity contribution in [3.63, 3.8) is 0 Å². The van der Waals surface area contributed by atoms with E-state index < -0.39 is 29.3 Å². The van der Waals surface area contributed by atoms with Gasteiger partial charge in [-0.15, -0.1) is 0 Å². The summed E-state index contributed by atoms with van der Waals surface area (Å²) in [6.45, 7) is 8.12. The summed E-state index contributed by atoms with van der Waals surface area (Å²) < 4.78 is 20.2. The van der Waals surface area contributed by atoms with Crippen LogP contribution in [0.5, 0.6) is 0 Å². The van der Waals surface area contributed by atoms with Gasteiger partial charge in [-0.25, -0.2) is 9.18 Å². The Bertz CT molecular complexity index is 1370. The largest absolute Gasteiger partial charge is 0.444 e. The fourth-order valence-electron chi connectivity index (χ4n) is 5.02. The average molecular weight is 570 g/mol. The first-order valence-electron chi connectivity index (χ1n) is 13.2. The van der Waals surface area contributed by atoms with Crippen LogP contribution in [0.25, 0.3) is 0 Å². The number of hydrogen-bond donors (Lipinski definition) is 2. The molecule has 0 saturated carbocycles. The summed E-state index contributed by atoms with van der Waals surface area (Å²) in [6.07, 6.45) is 0.602. The normalized spacial score (nSPS) is 18.5. The number of likely N-dealkylation sites (tertiary alicyclic amines) is 1. The van der Waals surface area contributed by atoms with Crippen LogP contribution < -0.4 is 10.6 Å². The molecule has 40 heavy (non-hydrogen) atoms. The number of ether oxygens (including phenoxy) is 1. The fraction of sp³-hybridized carbons (Fsp3) is 0.448. The number of carbonyl (C=O) groups is 3. The van der Waals surface area contributed by atoms with Crippen molar-refractivity contribution in [2.24, 2.45) is 5.92 Å². The first kappa shape index (κ1) is 29.2. The average Bonchev–Trinajstić information content (AvgIpc) is 3.38. The SMILES string of the molecule is C[C@H]1c2ccc(Cl)cc2CCN1C(=O)CNc1cc(NC(=O)[C@H]2CCN(C(=O)OC(C)(C)C)C2)c(C#N)cc1F. The van der Waals surface area contributed by atoms with Crippen LogP contribution in [-0.2, 0) is 20.7 Å². The molecule has 1 fully saturated rings. The molecule has 3 amide bonds. The first-order valence-corrected chi connectivity index (χ1v) is 13.6. The number of carbonyl (C=O) groups excluding carboxylic acids is 3. The Kier molecular flexibility index (Phi) is 8.54. The predicted molar refractivity (Wildman–Crippen MR) is 149 cm³/mol. The third-order valence-electron chi connectivity index (χ3n) is 7.09. The van der Waals surface area contributed by atoms with Crippen LogP contribution in [0.4, 0.5) is 20.6 Å². The van der Waals surface area contributed by atoms with Gasteiger partial charge in [0.2, 0.25) is 11.8 Å². The Labute approximate surface area is 238 Å². The maximum Gasteiger partial charge on any atom is 0.410 e. The molecule has 0 radical (unpaired) electrons. The summed E-state index contributed by atoms with van der Waals surface area (Å²) in [6, 6.07) is 9.70. The first-order chi connectivity index (χ1) is 18.9. The fourth-order valence-corrected chi connectivity index (χ4v) is 5.21. The van der Waals surface area contributed by atoms with Crippen LogP contribution in [0.1, 0.15) is 56.8 Å². The molecular weight excluding hydrogens is 537 g/mol. The Morgan fingerprint density at radius 3 is 2.62 bits per heavy atom. The van der Waals surface area contributed by atoms with Crippen molar-refractivity contribution in [1.82, 2.24) is 9.80 Å². The lowest BCUT2D eigenvalue weighted by Gasteiger charge is -2.35. The molecule has 2 N–H and O–H groups in total. The highest BCUT2D eigenvalue weighted by Crippen LogP contribution is 2.32. The molecule has 1 saturated heterocycles. The summed E-state index contributed by atoms with van der Waals surface area (Å²) in [5.74, 6) is -1.83. The molecule has 4 rings (SSSR count). The van der Waals surface area contributed by atoms with Gasteiger partial charge in [-0.05, 0) is 75.9 Å². The van der Waals surface area contributed by atoms with E-state index in [0.29, 0.717) is 31.0 Å². The molecule has 2 atom stereocenters. The van der Waals surface area contributed by atoms with Crippen LogP contribution in [0, 0.1) is 23.1 Å². The summed E-state index contributed by atoms with van der Waals surface area (Å²) >= 11 is 6.11. The Morgan fingerprint density at radius 1 is 1.18 bits per heavy atom. The van der Waals surface area contributed by atoms with Gasteiger partial charge in [0.1, 0.15) is 17.5 Å². The zero-order chi connectivity index (χ0) is 29.2. The molecule has 2 aliphatic heterocycles. The molecule has 0 unspecified atom stereocenters. The van der Waals surface area contributed by atoms with E-state index in [4.69, 9.17) is 16.3 Å². The van der Waals surface area contributed by atoms with Crippen LogP contribution in [0.3, 0.4) is 0 Å². The van der Waals surface area contributed by atoms with Crippen molar-refractivity contribution in [1.29, 1.82) is 5.26 Å². The maximum absolute atomic E-state index is 14.8. The third-order valence-corrected chi connectivity index (χ3v) is 7.33. The number of nitriles is 1. The highest BCUT2D eigenvalue weighted by molar-refractivity contribution is 6.30. The van der Waals surface area contributed by atoms with Crippen LogP contribution in [-0.4, -0.2) is 59.5 Å². The topological polar surface area (TPSA) is 115 Å². The summed E-state index contributed by atoms with van der Waals surface area (Å²) in [4.78, 5) is 41.6. The lowest BCUT2D eigenvalue weighted by Crippen LogP contribution is -2.41. The zero-order valence-electron chi connectivity index (χ0n) is 23.0. The molecule has 2 aliphatic rings. The molecule has 2 heterocycles. The highest BCUT2D eigenvalue weighted by Gasteiger charge is 2.34. The van der Waals surface area contributed by atoms with Gasteiger partial charge in [0.25, 0.3) is 0 Å². The van der Waals surface area contributed by atoms with Crippen LogP contribution >= 0.6 is 11.6 Å². The van der Waals surface area contributed by atoms with E-state index in [1.807, 2.05) is 25.1 Å². The molecule has 0 bridgehead atoms. The maximum atomic E-state index is 14.8. The van der Waals surface area contributed by atoms with Gasteiger partial charge in [0.05, 0.1) is 35.4 Å². The molecule has 9 nitrogen and oxygen atoms in total. The minimum absolute atomic E-state index is 0.0127. The summed E-state index contributed by atoms with van der Waals surface area (Å²) in [5, 5.41) is 15.7. The van der Waals surface area contributed by atoms with E-state index in [-0.39, 0.29) is 42.0 Å². The second-order valence-electron chi connectivity index (χ2n) is 11.1. The van der Waals surface area contributed by atoms with Crippen LogP contribution in [0.15, 0.2) is 30.3 Å². The minimum atomic E-state index is -0.717. The number of anilines is 2. The van der Waals surface area contributed by atoms with E-state index in [2.05, 4.69) is 10.6 Å². The zero-order valence-corrected chi connectivity index (χ0v) is 23.8. The van der Waals surface area contributed by atoms with Crippen molar-refractivity contribution in [2.75, 3.05) is 36.8 Å². The number of fused-ring (bicyclic) bond motifs is 1. The number of amides is 3. The number of nitrogens with zero attached hydrogens (tertiary/aromatic N) is 3.